The van der Waals surface area contributed by atoms with Crippen LogP contribution in [0, 0.1) is 0 Å². The predicted molar refractivity (Wildman–Crippen MR) is 41.6 cm³/mol. The highest BCUT2D eigenvalue weighted by atomic mass is 35.5. The lowest BCUT2D eigenvalue weighted by Crippen LogP contribution is -2.23. The Kier molecular flexibility index (Phi) is 2.54. The Balaban J connectivity index is 3.09. The van der Waals surface area contributed by atoms with Crippen LogP contribution in [0.3, 0.4) is 0 Å². The van der Waals surface area contributed by atoms with Crippen LogP contribution in [-0.2, 0) is 15.1 Å². The van der Waals surface area contributed by atoms with Crippen molar-refractivity contribution in [1.29, 1.82) is 0 Å². The number of nitrogens with zero attached hydrogens (tertiary/aromatic N) is 1. The van der Waals surface area contributed by atoms with Gasteiger partial charge in [-0.15, -0.1) is 0 Å². The van der Waals surface area contributed by atoms with Crippen LogP contribution in [0.25, 0.3) is 0 Å². The highest BCUT2D eigenvalue weighted by Gasteiger charge is 2.34. The van der Waals surface area contributed by atoms with Gasteiger partial charge in [0.25, 0.3) is 0 Å². The van der Waals surface area contributed by atoms with E-state index in [2.05, 4.69) is 0 Å². The first-order valence-electron chi connectivity index (χ1n) is 3.12. The van der Waals surface area contributed by atoms with Crippen LogP contribution in [0.15, 0.2) is 0 Å². The molecule has 0 aromatic carbocycles. The molecule has 0 saturated carbocycles. The Morgan fingerprint density at radius 2 is 2.09 bits per heavy atom. The van der Waals surface area contributed by atoms with Gasteiger partial charge in [0, 0.05) is 11.8 Å². The lowest BCUT2D eigenvalue weighted by Gasteiger charge is -2.05. The van der Waals surface area contributed by atoms with Gasteiger partial charge in [-0.05, 0) is 13.8 Å². The van der Waals surface area contributed by atoms with Gasteiger partial charge in [-0.3, -0.25) is 4.84 Å². The van der Waals surface area contributed by atoms with E-state index in [-0.39, 0.29) is 6.04 Å². The molecule has 0 aromatic rings. The molecule has 1 saturated heterocycles. The van der Waals surface area contributed by atoms with Crippen molar-refractivity contribution in [1.82, 2.24) is 4.58 Å². The summed E-state index contributed by atoms with van der Waals surface area (Å²) < 4.78 is 22.2. The molecule has 0 aliphatic carbocycles. The fourth-order valence-corrected chi connectivity index (χ4v) is 1.98. The fourth-order valence-electron chi connectivity index (χ4n) is 1.01. The minimum absolute atomic E-state index is 0.292. The second-order valence-electron chi connectivity index (χ2n) is 2.33. The first-order chi connectivity index (χ1) is 5.04. The molecule has 6 heteroatoms. The number of hydrogen-bond acceptors (Lipinski definition) is 4. The highest BCUT2D eigenvalue weighted by molar-refractivity contribution is 7.73. The molecule has 0 radical (unpaired) electrons. The van der Waals surface area contributed by atoms with E-state index < -0.39 is 16.4 Å². The summed E-state index contributed by atoms with van der Waals surface area (Å²) in [7, 11) is -2.21. The van der Waals surface area contributed by atoms with Gasteiger partial charge in [-0.1, -0.05) is 4.58 Å². The maximum absolute atomic E-state index is 10.6. The average molecular weight is 198 g/mol. The molecule has 0 amide bonds. The molecule has 0 bridgehead atoms. The van der Waals surface area contributed by atoms with Crippen molar-refractivity contribution in [3.05, 3.63) is 0 Å². The second-order valence-corrected chi connectivity index (χ2v) is 3.61. The summed E-state index contributed by atoms with van der Waals surface area (Å²) in [5.41, 5.74) is 0. The maximum atomic E-state index is 10.6. The van der Waals surface area contributed by atoms with Gasteiger partial charge < -0.3 is 0 Å². The smallest absolute Gasteiger partial charge is 0.217 e. The van der Waals surface area contributed by atoms with E-state index >= 15 is 0 Å². The summed E-state index contributed by atoms with van der Waals surface area (Å²) in [6, 6.07) is -0.370. The number of rotatable bonds is 0. The zero-order chi connectivity index (χ0) is 8.59. The summed E-state index contributed by atoms with van der Waals surface area (Å²) in [4.78, 5) is 5.21. The van der Waals surface area contributed by atoms with Gasteiger partial charge in [-0.25, -0.2) is 0 Å². The predicted octanol–water partition coefficient (Wildman–Crippen LogP) is 0.216. The first-order valence-corrected chi connectivity index (χ1v) is 4.53. The molecule has 0 N–H and O–H groups in total. The molecule has 11 heavy (non-hydrogen) atoms. The van der Waals surface area contributed by atoms with E-state index in [9.17, 15) is 8.42 Å². The van der Waals surface area contributed by atoms with Gasteiger partial charge in [0.1, 0.15) is 11.0 Å². The molecule has 1 fully saturated rings. The third-order valence-electron chi connectivity index (χ3n) is 1.57. The maximum Gasteiger partial charge on any atom is 0.217 e. The third-order valence-corrected chi connectivity index (χ3v) is 3.00. The van der Waals surface area contributed by atoms with Crippen LogP contribution in [-0.4, -0.2) is 30.0 Å². The normalized spacial score (nSPS) is 32.8. The zero-order valence-electron chi connectivity index (χ0n) is 6.11. The summed E-state index contributed by atoms with van der Waals surface area (Å²) in [6.07, 6.45) is -0.444. The number of hydrogen-bond donors (Lipinski definition) is 0. The molecule has 2 atom stereocenters. The largest absolute Gasteiger partial charge is 0.274 e. The van der Waals surface area contributed by atoms with Gasteiger partial charge >= 0.3 is 0 Å². The van der Waals surface area contributed by atoms with Crippen LogP contribution in [0.2, 0.25) is 0 Å². The number of halogens is 1. The number of hydroxylamine groups is 1. The van der Waals surface area contributed by atoms with Crippen molar-refractivity contribution in [2.75, 3.05) is 0 Å². The average Bonchev–Trinajstić information content (AvgIpc) is 2.07. The summed E-state index contributed by atoms with van der Waals surface area (Å²) in [5.74, 6) is 0. The van der Waals surface area contributed by atoms with Crippen molar-refractivity contribution in [3.63, 3.8) is 0 Å². The zero-order valence-corrected chi connectivity index (χ0v) is 7.69. The third kappa shape index (κ3) is 1.56. The molecule has 64 valence electrons. The summed E-state index contributed by atoms with van der Waals surface area (Å²) >= 11 is 5.51. The summed E-state index contributed by atoms with van der Waals surface area (Å²) in [5, 5.41) is 0. The Morgan fingerprint density at radius 1 is 1.55 bits per heavy atom. The van der Waals surface area contributed by atoms with Crippen molar-refractivity contribution >= 4 is 26.9 Å². The van der Waals surface area contributed by atoms with Crippen LogP contribution in [0.5, 0.6) is 0 Å². The monoisotopic (exact) mass is 197 g/mol. The van der Waals surface area contributed by atoms with E-state index in [4.69, 9.17) is 16.6 Å². The van der Waals surface area contributed by atoms with E-state index in [1.807, 2.05) is 0 Å². The Bertz CT molecular complexity index is 278. The van der Waals surface area contributed by atoms with E-state index in [0.717, 1.165) is 4.58 Å². The minimum Gasteiger partial charge on any atom is -0.274 e. The Morgan fingerprint density at radius 3 is 2.27 bits per heavy atom. The van der Waals surface area contributed by atoms with Crippen LogP contribution < -0.4 is 0 Å². The Hall–Kier alpha value is -0.100. The second kappa shape index (κ2) is 3.10. The molecule has 0 aromatic heterocycles. The molecule has 1 aliphatic rings. The molecular weight excluding hydrogens is 190 g/mol. The first kappa shape index (κ1) is 8.99. The lowest BCUT2D eigenvalue weighted by atomic mass is 10.2. The Labute approximate surface area is 71.3 Å². The molecule has 1 heterocycles. The molecule has 4 nitrogen and oxygen atoms in total. The lowest BCUT2D eigenvalue weighted by molar-refractivity contribution is -0.0780. The molecular formula is C5H8ClNO3S. The van der Waals surface area contributed by atoms with Gasteiger partial charge in [0.15, 0.2) is 0 Å². The van der Waals surface area contributed by atoms with E-state index in [1.165, 1.54) is 0 Å². The van der Waals surface area contributed by atoms with Gasteiger partial charge in [-0.2, -0.15) is 8.42 Å². The van der Waals surface area contributed by atoms with E-state index in [0.29, 0.717) is 4.86 Å². The topological polar surface area (TPSA) is 46.6 Å². The fraction of sp³-hybridized carbons (Fsp3) is 0.800. The standard InChI is InChI=1S/C5H8ClNO3S/c1-3-5(11(8)9)4(2)10-7(3)6/h3-4H,1-2H3. The molecule has 0 spiro atoms. The van der Waals surface area contributed by atoms with Crippen LogP contribution >= 0.6 is 11.8 Å². The summed E-state index contributed by atoms with van der Waals surface area (Å²) in [6.45, 7) is 3.31. The van der Waals surface area contributed by atoms with Crippen molar-refractivity contribution < 1.29 is 13.3 Å². The van der Waals surface area contributed by atoms with Crippen LogP contribution in [0.4, 0.5) is 0 Å². The van der Waals surface area contributed by atoms with Crippen molar-refractivity contribution in [2.24, 2.45) is 0 Å². The molecule has 1 rings (SSSR count). The van der Waals surface area contributed by atoms with Crippen LogP contribution in [0.1, 0.15) is 13.8 Å². The molecule has 1 aliphatic heterocycles. The quantitative estimate of drug-likeness (QED) is 0.412. The van der Waals surface area contributed by atoms with E-state index in [1.54, 1.807) is 13.8 Å². The minimum atomic E-state index is -2.21. The molecule has 2 unspecified atom stereocenters. The van der Waals surface area contributed by atoms with Crippen molar-refractivity contribution in [2.45, 2.75) is 26.0 Å². The van der Waals surface area contributed by atoms with Gasteiger partial charge in [0.05, 0.1) is 6.04 Å². The highest BCUT2D eigenvalue weighted by Crippen LogP contribution is 2.19. The van der Waals surface area contributed by atoms with Gasteiger partial charge in [0.2, 0.25) is 10.3 Å². The SMILES string of the molecule is CC1ON(Cl)C(C)C1=S(=O)=O. The van der Waals surface area contributed by atoms with Crippen molar-refractivity contribution in [3.8, 4) is 0 Å².